The van der Waals surface area contributed by atoms with Gasteiger partial charge in [0.25, 0.3) is 0 Å². The molecule has 0 aliphatic carbocycles. The molecule has 0 saturated carbocycles. The lowest BCUT2D eigenvalue weighted by Gasteiger charge is -2.17. The molecule has 0 spiro atoms. The number of nitrogens with zero attached hydrogens (tertiary/aromatic N) is 1. The highest BCUT2D eigenvalue weighted by molar-refractivity contribution is 9.10. The lowest BCUT2D eigenvalue weighted by atomic mass is 10.00. The molecular formula is C13H12BrClFN3. The van der Waals surface area contributed by atoms with Crippen molar-refractivity contribution in [3.8, 4) is 0 Å². The van der Waals surface area contributed by atoms with Crippen LogP contribution in [-0.2, 0) is 6.42 Å². The first kappa shape index (κ1) is 14.4. The Labute approximate surface area is 124 Å². The summed E-state index contributed by atoms with van der Waals surface area (Å²) < 4.78 is 13.6. The van der Waals surface area contributed by atoms with Gasteiger partial charge in [0.05, 0.1) is 15.5 Å². The van der Waals surface area contributed by atoms with Crippen LogP contribution in [0.1, 0.15) is 17.2 Å². The molecule has 1 atom stereocenters. The molecule has 0 fully saturated rings. The minimum atomic E-state index is -0.304. The van der Waals surface area contributed by atoms with Gasteiger partial charge in [0, 0.05) is 12.4 Å². The zero-order valence-corrected chi connectivity index (χ0v) is 12.2. The third kappa shape index (κ3) is 3.51. The molecule has 100 valence electrons. The molecule has 0 aliphatic heterocycles. The quantitative estimate of drug-likeness (QED) is 0.660. The summed E-state index contributed by atoms with van der Waals surface area (Å²) in [7, 11) is 0. The van der Waals surface area contributed by atoms with Gasteiger partial charge in [-0.1, -0.05) is 17.7 Å². The monoisotopic (exact) mass is 343 g/mol. The van der Waals surface area contributed by atoms with E-state index >= 15 is 0 Å². The maximum Gasteiger partial charge on any atom is 0.137 e. The number of benzene rings is 1. The number of nitrogens with one attached hydrogen (secondary N) is 1. The average molecular weight is 345 g/mol. The van der Waals surface area contributed by atoms with Crippen LogP contribution >= 0.6 is 27.5 Å². The van der Waals surface area contributed by atoms with Gasteiger partial charge in [-0.15, -0.1) is 0 Å². The first-order valence-electron chi connectivity index (χ1n) is 5.61. The van der Waals surface area contributed by atoms with E-state index in [-0.39, 0.29) is 11.9 Å². The molecule has 2 rings (SSSR count). The molecule has 1 heterocycles. The second kappa shape index (κ2) is 6.43. The Morgan fingerprint density at radius 2 is 2.21 bits per heavy atom. The summed E-state index contributed by atoms with van der Waals surface area (Å²) in [5.41, 5.74) is 4.53. The number of hydrogen-bond acceptors (Lipinski definition) is 3. The Morgan fingerprint density at radius 1 is 1.42 bits per heavy atom. The molecule has 0 amide bonds. The van der Waals surface area contributed by atoms with Gasteiger partial charge in [-0.2, -0.15) is 0 Å². The van der Waals surface area contributed by atoms with E-state index in [2.05, 4.69) is 26.3 Å². The van der Waals surface area contributed by atoms with Crippen LogP contribution in [0.3, 0.4) is 0 Å². The Hall–Kier alpha value is -1.01. The Morgan fingerprint density at radius 3 is 2.84 bits per heavy atom. The number of hydrogen-bond donors (Lipinski definition) is 2. The van der Waals surface area contributed by atoms with Crippen LogP contribution in [0.4, 0.5) is 4.39 Å². The fourth-order valence-corrected chi connectivity index (χ4v) is 2.38. The summed E-state index contributed by atoms with van der Waals surface area (Å²) in [6.45, 7) is 0. The minimum Gasteiger partial charge on any atom is -0.271 e. The molecule has 6 heteroatoms. The number of hydrazine groups is 1. The molecule has 1 unspecified atom stereocenters. The van der Waals surface area contributed by atoms with Crippen molar-refractivity contribution < 1.29 is 4.39 Å². The topological polar surface area (TPSA) is 50.9 Å². The van der Waals surface area contributed by atoms with Crippen LogP contribution < -0.4 is 11.3 Å². The number of aromatic nitrogens is 1. The molecule has 3 N–H and O–H groups in total. The van der Waals surface area contributed by atoms with Crippen molar-refractivity contribution in [1.29, 1.82) is 0 Å². The van der Waals surface area contributed by atoms with E-state index in [1.807, 2.05) is 6.07 Å². The Bertz CT molecular complexity index is 580. The number of halogens is 3. The van der Waals surface area contributed by atoms with Crippen LogP contribution in [0.5, 0.6) is 0 Å². The average Bonchev–Trinajstić information content (AvgIpc) is 2.41. The fourth-order valence-electron chi connectivity index (χ4n) is 1.79. The van der Waals surface area contributed by atoms with E-state index in [4.69, 9.17) is 17.4 Å². The smallest absolute Gasteiger partial charge is 0.137 e. The van der Waals surface area contributed by atoms with E-state index < -0.39 is 0 Å². The number of nitrogens with two attached hydrogens (primary N) is 1. The van der Waals surface area contributed by atoms with Gasteiger partial charge in [-0.05, 0) is 51.7 Å². The lowest BCUT2D eigenvalue weighted by Crippen LogP contribution is -2.29. The summed E-state index contributed by atoms with van der Waals surface area (Å²) >= 11 is 9.23. The van der Waals surface area contributed by atoms with E-state index in [0.29, 0.717) is 15.9 Å². The molecule has 0 saturated heterocycles. The van der Waals surface area contributed by atoms with Gasteiger partial charge in [0.15, 0.2) is 0 Å². The van der Waals surface area contributed by atoms with Crippen molar-refractivity contribution in [3.63, 3.8) is 0 Å². The molecular weight excluding hydrogens is 333 g/mol. The highest BCUT2D eigenvalue weighted by atomic mass is 79.9. The van der Waals surface area contributed by atoms with E-state index in [1.165, 1.54) is 6.07 Å². The standard InChI is InChI=1S/C13H12BrClFN3/c14-10-5-9(1-2-12(10)16)13(19-17)6-8-3-4-18-7-11(8)15/h1-5,7,13,19H,6,17H2. The summed E-state index contributed by atoms with van der Waals surface area (Å²) in [5, 5.41) is 0.587. The van der Waals surface area contributed by atoms with E-state index in [1.54, 1.807) is 24.5 Å². The summed E-state index contributed by atoms with van der Waals surface area (Å²) in [5.74, 6) is 5.27. The van der Waals surface area contributed by atoms with Crippen molar-refractivity contribution in [3.05, 3.63) is 63.1 Å². The molecule has 3 nitrogen and oxygen atoms in total. The van der Waals surface area contributed by atoms with Crippen molar-refractivity contribution in [2.45, 2.75) is 12.5 Å². The zero-order chi connectivity index (χ0) is 13.8. The fraction of sp³-hybridized carbons (Fsp3) is 0.154. The van der Waals surface area contributed by atoms with Crippen molar-refractivity contribution in [2.75, 3.05) is 0 Å². The van der Waals surface area contributed by atoms with Gasteiger partial charge in [-0.3, -0.25) is 16.3 Å². The summed E-state index contributed by atoms with van der Waals surface area (Å²) in [4.78, 5) is 3.94. The molecule has 0 radical (unpaired) electrons. The molecule has 19 heavy (non-hydrogen) atoms. The predicted octanol–water partition coefficient (Wildman–Crippen LogP) is 3.38. The maximum atomic E-state index is 13.2. The molecule has 0 aliphatic rings. The largest absolute Gasteiger partial charge is 0.271 e. The lowest BCUT2D eigenvalue weighted by molar-refractivity contribution is 0.548. The minimum absolute atomic E-state index is 0.156. The van der Waals surface area contributed by atoms with Gasteiger partial charge >= 0.3 is 0 Å². The Balaban J connectivity index is 2.25. The normalized spacial score (nSPS) is 12.4. The van der Waals surface area contributed by atoms with E-state index in [9.17, 15) is 4.39 Å². The molecule has 1 aromatic heterocycles. The van der Waals surface area contributed by atoms with Crippen LogP contribution in [-0.4, -0.2) is 4.98 Å². The summed E-state index contributed by atoms with van der Waals surface area (Å²) in [6.07, 6.45) is 3.86. The molecule has 2 aromatic rings. The molecule has 1 aromatic carbocycles. The van der Waals surface area contributed by atoms with Crippen molar-refractivity contribution in [2.24, 2.45) is 5.84 Å². The predicted molar refractivity (Wildman–Crippen MR) is 77.1 cm³/mol. The second-order valence-corrected chi connectivity index (χ2v) is 5.33. The first-order chi connectivity index (χ1) is 9.11. The van der Waals surface area contributed by atoms with Crippen molar-refractivity contribution >= 4 is 27.5 Å². The van der Waals surface area contributed by atoms with Crippen LogP contribution in [0.25, 0.3) is 0 Å². The molecule has 0 bridgehead atoms. The SMILES string of the molecule is NNC(Cc1ccncc1Cl)c1ccc(F)c(Br)c1. The zero-order valence-electron chi connectivity index (χ0n) is 9.91. The number of pyridine rings is 1. The number of rotatable bonds is 4. The van der Waals surface area contributed by atoms with Gasteiger partial charge in [0.2, 0.25) is 0 Å². The van der Waals surface area contributed by atoms with Gasteiger partial charge < -0.3 is 0 Å². The Kier molecular flexibility index (Phi) is 4.87. The van der Waals surface area contributed by atoms with Crippen LogP contribution in [0.15, 0.2) is 41.1 Å². The highest BCUT2D eigenvalue weighted by Crippen LogP contribution is 2.25. The van der Waals surface area contributed by atoms with Crippen LogP contribution in [0.2, 0.25) is 5.02 Å². The van der Waals surface area contributed by atoms with Gasteiger partial charge in [-0.25, -0.2) is 4.39 Å². The first-order valence-corrected chi connectivity index (χ1v) is 6.78. The summed E-state index contributed by atoms with van der Waals surface area (Å²) in [6, 6.07) is 6.48. The van der Waals surface area contributed by atoms with Crippen molar-refractivity contribution in [1.82, 2.24) is 10.4 Å². The maximum absolute atomic E-state index is 13.2. The third-order valence-corrected chi connectivity index (χ3v) is 3.78. The second-order valence-electron chi connectivity index (χ2n) is 4.06. The van der Waals surface area contributed by atoms with Crippen LogP contribution in [0, 0.1) is 5.82 Å². The van der Waals surface area contributed by atoms with E-state index in [0.717, 1.165) is 11.1 Å². The highest BCUT2D eigenvalue weighted by Gasteiger charge is 2.14. The van der Waals surface area contributed by atoms with Gasteiger partial charge in [0.1, 0.15) is 5.82 Å². The third-order valence-electron chi connectivity index (χ3n) is 2.83.